The van der Waals surface area contributed by atoms with Gasteiger partial charge in [0.25, 0.3) is 0 Å². The molecule has 7 heteroatoms. The van der Waals surface area contributed by atoms with E-state index in [1.165, 1.54) is 11.8 Å². The number of ether oxygens (including phenoxy) is 1. The maximum atomic E-state index is 5.37. The number of hydrazine groups is 1. The van der Waals surface area contributed by atoms with E-state index in [0.717, 1.165) is 19.0 Å². The maximum Gasteiger partial charge on any atom is 0.191 e. The van der Waals surface area contributed by atoms with Crippen LogP contribution in [0.2, 0.25) is 0 Å². The summed E-state index contributed by atoms with van der Waals surface area (Å²) in [5.74, 6) is 6.82. The van der Waals surface area contributed by atoms with Crippen molar-refractivity contribution in [2.24, 2.45) is 5.84 Å². The topological polar surface area (TPSA) is 76.3 Å². The van der Waals surface area contributed by atoms with Gasteiger partial charge in [0.2, 0.25) is 0 Å². The van der Waals surface area contributed by atoms with Crippen molar-refractivity contribution in [1.82, 2.24) is 9.97 Å². The number of nitrogen functional groups attached to an aromatic ring is 1. The predicted molar refractivity (Wildman–Crippen MR) is 71.4 cm³/mol. The van der Waals surface area contributed by atoms with Gasteiger partial charge in [-0.15, -0.1) is 0 Å². The zero-order valence-electron chi connectivity index (χ0n) is 10.4. The molecule has 0 fully saturated rings. The molecule has 1 aromatic rings. The molecule has 0 aromatic carbocycles. The van der Waals surface area contributed by atoms with Crippen molar-refractivity contribution in [1.29, 1.82) is 0 Å². The summed E-state index contributed by atoms with van der Waals surface area (Å²) in [6.45, 7) is 4.16. The van der Waals surface area contributed by atoms with Crippen LogP contribution in [0.25, 0.3) is 0 Å². The second-order valence-corrected chi connectivity index (χ2v) is 4.13. The SMILES string of the molecule is CCOCCN(C)c1cc(NN)nc(SC)n1. The quantitative estimate of drug-likeness (QED) is 0.248. The second kappa shape index (κ2) is 7.31. The lowest BCUT2D eigenvalue weighted by Crippen LogP contribution is -2.24. The Balaban J connectivity index is 2.73. The maximum absolute atomic E-state index is 5.37. The number of hydrogen-bond acceptors (Lipinski definition) is 7. The number of nitrogens with one attached hydrogen (secondary N) is 1. The summed E-state index contributed by atoms with van der Waals surface area (Å²) in [6.07, 6.45) is 1.93. The van der Waals surface area contributed by atoms with E-state index in [4.69, 9.17) is 10.6 Å². The van der Waals surface area contributed by atoms with Crippen LogP contribution in [-0.4, -0.2) is 43.0 Å². The third kappa shape index (κ3) is 4.37. The normalized spacial score (nSPS) is 10.4. The lowest BCUT2D eigenvalue weighted by atomic mass is 10.4. The molecule has 6 nitrogen and oxygen atoms in total. The highest BCUT2D eigenvalue weighted by Crippen LogP contribution is 2.18. The summed E-state index contributed by atoms with van der Waals surface area (Å²) < 4.78 is 5.31. The lowest BCUT2D eigenvalue weighted by Gasteiger charge is -2.18. The molecule has 1 rings (SSSR count). The molecule has 1 aromatic heterocycles. The van der Waals surface area contributed by atoms with E-state index in [1.807, 2.05) is 31.2 Å². The molecule has 96 valence electrons. The molecule has 0 unspecified atom stereocenters. The number of likely N-dealkylation sites (N-methyl/N-ethyl adjacent to an activating group) is 1. The van der Waals surface area contributed by atoms with Crippen LogP contribution in [0, 0.1) is 0 Å². The predicted octanol–water partition coefficient (Wildman–Crippen LogP) is 0.957. The summed E-state index contributed by atoms with van der Waals surface area (Å²) in [6, 6.07) is 1.81. The molecule has 0 spiro atoms. The van der Waals surface area contributed by atoms with Gasteiger partial charge in [-0.3, -0.25) is 0 Å². The molecule has 0 saturated heterocycles. The monoisotopic (exact) mass is 257 g/mol. The Kier molecular flexibility index (Phi) is 6.03. The van der Waals surface area contributed by atoms with Crippen molar-refractivity contribution < 1.29 is 4.74 Å². The zero-order chi connectivity index (χ0) is 12.7. The highest BCUT2D eigenvalue weighted by molar-refractivity contribution is 7.98. The first-order valence-electron chi connectivity index (χ1n) is 5.39. The van der Waals surface area contributed by atoms with Crippen molar-refractivity contribution in [3.63, 3.8) is 0 Å². The molecular formula is C10H19N5OS. The van der Waals surface area contributed by atoms with E-state index >= 15 is 0 Å². The first-order valence-corrected chi connectivity index (χ1v) is 6.62. The molecular weight excluding hydrogens is 238 g/mol. The Hall–Kier alpha value is -1.05. The molecule has 0 amide bonds. The van der Waals surface area contributed by atoms with Gasteiger partial charge in [-0.2, -0.15) is 0 Å². The molecule has 0 aliphatic rings. The van der Waals surface area contributed by atoms with Gasteiger partial charge in [0, 0.05) is 26.3 Å². The minimum atomic E-state index is 0.614. The van der Waals surface area contributed by atoms with Gasteiger partial charge < -0.3 is 15.1 Å². The number of thioether (sulfide) groups is 1. The molecule has 0 atom stereocenters. The summed E-state index contributed by atoms with van der Waals surface area (Å²) in [4.78, 5) is 10.6. The van der Waals surface area contributed by atoms with Crippen LogP contribution in [0.4, 0.5) is 11.6 Å². The number of nitrogens with zero attached hydrogens (tertiary/aromatic N) is 3. The van der Waals surface area contributed by atoms with Crippen molar-refractivity contribution >= 4 is 23.4 Å². The molecule has 0 aliphatic heterocycles. The summed E-state index contributed by atoms with van der Waals surface area (Å²) in [7, 11) is 1.96. The first-order chi connectivity index (χ1) is 8.21. The fraction of sp³-hybridized carbons (Fsp3) is 0.600. The number of hydrogen-bond donors (Lipinski definition) is 2. The first kappa shape index (κ1) is 14.0. The number of anilines is 2. The number of nitrogens with two attached hydrogens (primary N) is 1. The lowest BCUT2D eigenvalue weighted by molar-refractivity contribution is 0.154. The highest BCUT2D eigenvalue weighted by Gasteiger charge is 2.07. The standard InChI is InChI=1S/C10H19N5OS/c1-4-16-6-5-15(2)9-7-8(14-11)12-10(13-9)17-3/h7H,4-6,11H2,1-3H3,(H,12,13,14). The molecule has 0 radical (unpaired) electrons. The van der Waals surface area contributed by atoms with Crippen LogP contribution < -0.4 is 16.2 Å². The summed E-state index contributed by atoms with van der Waals surface area (Å²) >= 11 is 1.48. The smallest absolute Gasteiger partial charge is 0.191 e. The van der Waals surface area contributed by atoms with Crippen LogP contribution in [-0.2, 0) is 4.74 Å². The van der Waals surface area contributed by atoms with E-state index in [1.54, 1.807) is 0 Å². The molecule has 17 heavy (non-hydrogen) atoms. The van der Waals surface area contributed by atoms with Gasteiger partial charge in [0.05, 0.1) is 6.61 Å². The van der Waals surface area contributed by atoms with E-state index in [-0.39, 0.29) is 0 Å². The van der Waals surface area contributed by atoms with Crippen LogP contribution in [0.15, 0.2) is 11.2 Å². The average Bonchev–Trinajstić information content (AvgIpc) is 2.38. The van der Waals surface area contributed by atoms with E-state index in [2.05, 4.69) is 15.4 Å². The van der Waals surface area contributed by atoms with Crippen LogP contribution in [0.5, 0.6) is 0 Å². The van der Waals surface area contributed by atoms with E-state index < -0.39 is 0 Å². The van der Waals surface area contributed by atoms with Crippen LogP contribution >= 0.6 is 11.8 Å². The number of rotatable bonds is 7. The Morgan fingerprint density at radius 1 is 1.53 bits per heavy atom. The Labute approximate surface area is 106 Å². The Morgan fingerprint density at radius 2 is 2.29 bits per heavy atom. The van der Waals surface area contributed by atoms with Crippen molar-refractivity contribution in [2.45, 2.75) is 12.1 Å². The van der Waals surface area contributed by atoms with Gasteiger partial charge in [0.1, 0.15) is 11.6 Å². The summed E-state index contributed by atoms with van der Waals surface area (Å²) in [5.41, 5.74) is 2.54. The van der Waals surface area contributed by atoms with Crippen molar-refractivity contribution in [3.05, 3.63) is 6.07 Å². The van der Waals surface area contributed by atoms with E-state index in [0.29, 0.717) is 17.6 Å². The van der Waals surface area contributed by atoms with Gasteiger partial charge in [0.15, 0.2) is 5.16 Å². The van der Waals surface area contributed by atoms with Crippen LogP contribution in [0.3, 0.4) is 0 Å². The Morgan fingerprint density at radius 3 is 2.88 bits per heavy atom. The fourth-order valence-corrected chi connectivity index (χ4v) is 1.61. The molecule has 1 heterocycles. The minimum Gasteiger partial charge on any atom is -0.380 e. The molecule has 0 saturated carbocycles. The van der Waals surface area contributed by atoms with Gasteiger partial charge in [-0.25, -0.2) is 15.8 Å². The molecule has 0 bridgehead atoms. The van der Waals surface area contributed by atoms with Gasteiger partial charge >= 0.3 is 0 Å². The van der Waals surface area contributed by atoms with Gasteiger partial charge in [-0.05, 0) is 13.2 Å². The van der Waals surface area contributed by atoms with Crippen molar-refractivity contribution in [2.75, 3.05) is 43.4 Å². The largest absolute Gasteiger partial charge is 0.380 e. The van der Waals surface area contributed by atoms with Crippen molar-refractivity contribution in [3.8, 4) is 0 Å². The fourth-order valence-electron chi connectivity index (χ4n) is 1.23. The highest BCUT2D eigenvalue weighted by atomic mass is 32.2. The van der Waals surface area contributed by atoms with E-state index in [9.17, 15) is 0 Å². The third-order valence-electron chi connectivity index (χ3n) is 2.19. The Bertz CT molecular complexity index is 327. The molecule has 0 aliphatic carbocycles. The van der Waals surface area contributed by atoms with Gasteiger partial charge in [-0.1, -0.05) is 11.8 Å². The van der Waals surface area contributed by atoms with Crippen LogP contribution in [0.1, 0.15) is 6.92 Å². The zero-order valence-corrected chi connectivity index (χ0v) is 11.3. The second-order valence-electron chi connectivity index (χ2n) is 3.36. The molecule has 3 N–H and O–H groups in total. The third-order valence-corrected chi connectivity index (χ3v) is 2.74. The average molecular weight is 257 g/mol. The summed E-state index contributed by atoms with van der Waals surface area (Å²) in [5, 5.41) is 0.693. The number of aromatic nitrogens is 2. The minimum absolute atomic E-state index is 0.614.